The summed E-state index contributed by atoms with van der Waals surface area (Å²) in [7, 11) is 3.54. The molecule has 1 aromatic rings. The van der Waals surface area contributed by atoms with E-state index >= 15 is 0 Å². The van der Waals surface area contributed by atoms with Crippen LogP contribution >= 0.6 is 0 Å². The lowest BCUT2D eigenvalue weighted by atomic mass is 10.2. The highest BCUT2D eigenvalue weighted by Gasteiger charge is 2.06. The number of ether oxygens (including phenoxy) is 2. The van der Waals surface area contributed by atoms with Crippen molar-refractivity contribution in [3.05, 3.63) is 29.8 Å². The fourth-order valence-electron chi connectivity index (χ4n) is 1.33. The zero-order valence-electron chi connectivity index (χ0n) is 8.91. The van der Waals surface area contributed by atoms with Crippen LogP contribution in [0.15, 0.2) is 24.3 Å². The molecule has 0 radical (unpaired) electrons. The van der Waals surface area contributed by atoms with Crippen molar-refractivity contribution in [1.82, 2.24) is 5.32 Å². The summed E-state index contributed by atoms with van der Waals surface area (Å²) in [6, 6.07) is 7.88. The van der Waals surface area contributed by atoms with Gasteiger partial charge >= 0.3 is 0 Å². The van der Waals surface area contributed by atoms with E-state index in [1.807, 2.05) is 38.2 Å². The third-order valence-electron chi connectivity index (χ3n) is 1.99. The van der Waals surface area contributed by atoms with Crippen LogP contribution in [0.4, 0.5) is 0 Å². The van der Waals surface area contributed by atoms with Crippen molar-refractivity contribution in [3.8, 4) is 5.75 Å². The van der Waals surface area contributed by atoms with Crippen molar-refractivity contribution in [1.29, 1.82) is 0 Å². The van der Waals surface area contributed by atoms with E-state index in [4.69, 9.17) is 9.47 Å². The van der Waals surface area contributed by atoms with E-state index in [-0.39, 0.29) is 6.23 Å². The highest BCUT2D eigenvalue weighted by molar-refractivity contribution is 5.28. The first-order valence-electron chi connectivity index (χ1n) is 4.74. The number of hydrogen-bond acceptors (Lipinski definition) is 3. The SMILES string of the molecule is CCOc1ccc(C(NC)OC)cc1. The van der Waals surface area contributed by atoms with Crippen LogP contribution in [0.5, 0.6) is 5.75 Å². The smallest absolute Gasteiger partial charge is 0.133 e. The van der Waals surface area contributed by atoms with E-state index in [2.05, 4.69) is 5.32 Å². The molecule has 1 rings (SSSR count). The quantitative estimate of drug-likeness (QED) is 0.728. The van der Waals surface area contributed by atoms with Gasteiger partial charge in [-0.2, -0.15) is 0 Å². The molecule has 1 N–H and O–H groups in total. The van der Waals surface area contributed by atoms with Crippen LogP contribution in [-0.4, -0.2) is 20.8 Å². The van der Waals surface area contributed by atoms with E-state index in [1.165, 1.54) is 0 Å². The van der Waals surface area contributed by atoms with Gasteiger partial charge in [-0.15, -0.1) is 0 Å². The van der Waals surface area contributed by atoms with Gasteiger partial charge in [-0.3, -0.25) is 5.32 Å². The largest absolute Gasteiger partial charge is 0.494 e. The normalized spacial score (nSPS) is 12.5. The lowest BCUT2D eigenvalue weighted by molar-refractivity contribution is 0.0808. The van der Waals surface area contributed by atoms with E-state index in [9.17, 15) is 0 Å². The number of hydrogen-bond donors (Lipinski definition) is 1. The molecule has 0 bridgehead atoms. The Bertz CT molecular complexity index is 254. The summed E-state index contributed by atoms with van der Waals surface area (Å²) in [4.78, 5) is 0. The summed E-state index contributed by atoms with van der Waals surface area (Å²) >= 11 is 0. The van der Waals surface area contributed by atoms with Crippen LogP contribution in [0.25, 0.3) is 0 Å². The predicted molar refractivity (Wildman–Crippen MR) is 56.4 cm³/mol. The van der Waals surface area contributed by atoms with Gasteiger partial charge in [0.2, 0.25) is 0 Å². The molecular weight excluding hydrogens is 178 g/mol. The average molecular weight is 195 g/mol. The molecule has 0 saturated carbocycles. The standard InChI is InChI=1S/C11H17NO2/c1-4-14-10-7-5-9(6-8-10)11(12-2)13-3/h5-8,11-12H,4H2,1-3H3. The summed E-state index contributed by atoms with van der Waals surface area (Å²) in [6.07, 6.45) is -0.0503. The Morgan fingerprint density at radius 2 is 1.93 bits per heavy atom. The minimum Gasteiger partial charge on any atom is -0.494 e. The van der Waals surface area contributed by atoms with Crippen molar-refractivity contribution in [2.45, 2.75) is 13.2 Å². The molecule has 0 amide bonds. The van der Waals surface area contributed by atoms with Crippen LogP contribution < -0.4 is 10.1 Å². The van der Waals surface area contributed by atoms with E-state index in [0.717, 1.165) is 11.3 Å². The molecule has 3 heteroatoms. The molecule has 0 aliphatic rings. The fraction of sp³-hybridized carbons (Fsp3) is 0.455. The number of methoxy groups -OCH3 is 1. The summed E-state index contributed by atoms with van der Waals surface area (Å²) in [5.74, 6) is 0.891. The third kappa shape index (κ3) is 2.72. The molecular formula is C11H17NO2. The Balaban J connectivity index is 2.71. The lowest BCUT2D eigenvalue weighted by Gasteiger charge is -2.14. The molecule has 1 atom stereocenters. The molecule has 1 aromatic carbocycles. The van der Waals surface area contributed by atoms with Gasteiger partial charge < -0.3 is 9.47 Å². The molecule has 0 saturated heterocycles. The molecule has 0 aromatic heterocycles. The van der Waals surface area contributed by atoms with Gasteiger partial charge in [0.1, 0.15) is 12.0 Å². The molecule has 1 unspecified atom stereocenters. The van der Waals surface area contributed by atoms with Crippen molar-refractivity contribution in [3.63, 3.8) is 0 Å². The monoisotopic (exact) mass is 195 g/mol. The molecule has 78 valence electrons. The first kappa shape index (κ1) is 11.0. The summed E-state index contributed by atoms with van der Waals surface area (Å²) in [5.41, 5.74) is 1.10. The van der Waals surface area contributed by atoms with E-state index < -0.39 is 0 Å². The Hall–Kier alpha value is -1.06. The summed E-state index contributed by atoms with van der Waals surface area (Å²) in [6.45, 7) is 2.67. The Morgan fingerprint density at radius 1 is 1.29 bits per heavy atom. The molecule has 14 heavy (non-hydrogen) atoms. The minimum absolute atomic E-state index is 0.0503. The summed E-state index contributed by atoms with van der Waals surface area (Å²) in [5, 5.41) is 3.06. The first-order valence-corrected chi connectivity index (χ1v) is 4.74. The maximum Gasteiger partial charge on any atom is 0.133 e. The zero-order valence-corrected chi connectivity index (χ0v) is 8.91. The van der Waals surface area contributed by atoms with Gasteiger partial charge in [0.15, 0.2) is 0 Å². The maximum absolute atomic E-state index is 5.35. The van der Waals surface area contributed by atoms with Crippen LogP contribution in [0.3, 0.4) is 0 Å². The van der Waals surface area contributed by atoms with Gasteiger partial charge in [0.25, 0.3) is 0 Å². The zero-order chi connectivity index (χ0) is 10.4. The molecule has 0 aliphatic heterocycles. The summed E-state index contributed by atoms with van der Waals surface area (Å²) < 4.78 is 10.6. The second-order valence-electron chi connectivity index (χ2n) is 2.91. The Kier molecular flexibility index (Phi) is 4.43. The van der Waals surface area contributed by atoms with Crippen molar-refractivity contribution in [2.24, 2.45) is 0 Å². The second-order valence-corrected chi connectivity index (χ2v) is 2.91. The number of rotatable bonds is 5. The van der Waals surface area contributed by atoms with Crippen molar-refractivity contribution in [2.75, 3.05) is 20.8 Å². The highest BCUT2D eigenvalue weighted by Crippen LogP contribution is 2.17. The first-order chi connectivity index (χ1) is 6.81. The van der Waals surface area contributed by atoms with E-state index in [0.29, 0.717) is 6.61 Å². The van der Waals surface area contributed by atoms with Crippen molar-refractivity contribution >= 4 is 0 Å². The van der Waals surface area contributed by atoms with Crippen LogP contribution in [0, 0.1) is 0 Å². The fourth-order valence-corrected chi connectivity index (χ4v) is 1.33. The Morgan fingerprint density at radius 3 is 2.36 bits per heavy atom. The molecule has 3 nitrogen and oxygen atoms in total. The van der Waals surface area contributed by atoms with Crippen LogP contribution in [0.1, 0.15) is 18.7 Å². The van der Waals surface area contributed by atoms with Gasteiger partial charge in [0, 0.05) is 7.11 Å². The number of benzene rings is 1. The topological polar surface area (TPSA) is 30.5 Å². The van der Waals surface area contributed by atoms with E-state index in [1.54, 1.807) is 7.11 Å². The van der Waals surface area contributed by atoms with Gasteiger partial charge in [-0.1, -0.05) is 12.1 Å². The average Bonchev–Trinajstić information content (AvgIpc) is 2.23. The maximum atomic E-state index is 5.35. The predicted octanol–water partition coefficient (Wildman–Crippen LogP) is 1.95. The molecule has 0 fully saturated rings. The van der Waals surface area contributed by atoms with Crippen molar-refractivity contribution < 1.29 is 9.47 Å². The van der Waals surface area contributed by atoms with Gasteiger partial charge in [-0.05, 0) is 31.7 Å². The minimum atomic E-state index is -0.0503. The van der Waals surface area contributed by atoms with Gasteiger partial charge in [-0.25, -0.2) is 0 Å². The number of nitrogens with one attached hydrogen (secondary N) is 1. The second kappa shape index (κ2) is 5.62. The molecule has 0 spiro atoms. The third-order valence-corrected chi connectivity index (χ3v) is 1.99. The lowest BCUT2D eigenvalue weighted by Crippen LogP contribution is -2.17. The molecule has 0 aliphatic carbocycles. The molecule has 0 heterocycles. The van der Waals surface area contributed by atoms with Crippen LogP contribution in [0.2, 0.25) is 0 Å². The highest BCUT2D eigenvalue weighted by atomic mass is 16.5. The van der Waals surface area contributed by atoms with Crippen LogP contribution in [-0.2, 0) is 4.74 Å². The van der Waals surface area contributed by atoms with Gasteiger partial charge in [0.05, 0.1) is 6.61 Å². The Labute approximate surface area is 85.0 Å².